The van der Waals surface area contributed by atoms with Crippen LogP contribution in [0.4, 0.5) is 0 Å². The summed E-state index contributed by atoms with van der Waals surface area (Å²) >= 11 is 5.68. The van der Waals surface area contributed by atoms with Crippen LogP contribution in [-0.4, -0.2) is 19.7 Å². The Morgan fingerprint density at radius 1 is 1.46 bits per heavy atom. The molecule has 0 aromatic carbocycles. The van der Waals surface area contributed by atoms with Gasteiger partial charge in [-0.15, -0.1) is 10.2 Å². The van der Waals surface area contributed by atoms with E-state index in [1.165, 1.54) is 0 Å². The average Bonchev–Trinajstić information content (AvgIpc) is 2.49. The number of hydrogen-bond acceptors (Lipinski definition) is 3. The largest absolute Gasteiger partial charge is 0.314 e. The van der Waals surface area contributed by atoms with Gasteiger partial charge in [0.15, 0.2) is 10.8 Å². The molecule has 13 heavy (non-hydrogen) atoms. The molecule has 0 aliphatic carbocycles. The van der Waals surface area contributed by atoms with Crippen molar-refractivity contribution >= 4 is 22.8 Å². The molecule has 0 spiro atoms. The van der Waals surface area contributed by atoms with Crippen molar-refractivity contribution in [2.75, 3.05) is 0 Å². The summed E-state index contributed by atoms with van der Waals surface area (Å²) in [5, 5.41) is 8.14. The van der Waals surface area contributed by atoms with E-state index in [0.29, 0.717) is 5.15 Å². The molecule has 4 nitrogen and oxygen atoms in total. The summed E-state index contributed by atoms with van der Waals surface area (Å²) in [5.41, 5.74) is 1.60. The van der Waals surface area contributed by atoms with Crippen LogP contribution in [-0.2, 0) is 6.54 Å². The van der Waals surface area contributed by atoms with E-state index < -0.39 is 0 Å². The van der Waals surface area contributed by atoms with Gasteiger partial charge in [0.1, 0.15) is 5.52 Å². The third-order valence-electron chi connectivity index (χ3n) is 1.80. The molecule has 0 fully saturated rings. The molecule has 0 atom stereocenters. The average molecular weight is 197 g/mol. The molecular weight excluding hydrogens is 188 g/mol. The third-order valence-corrected chi connectivity index (χ3v) is 1.98. The minimum absolute atomic E-state index is 0.384. The maximum atomic E-state index is 5.68. The highest BCUT2D eigenvalue weighted by Gasteiger charge is 2.03. The zero-order chi connectivity index (χ0) is 9.26. The van der Waals surface area contributed by atoms with Crippen LogP contribution >= 0.6 is 11.6 Å². The second kappa shape index (κ2) is 3.30. The highest BCUT2D eigenvalue weighted by molar-refractivity contribution is 6.29. The lowest BCUT2D eigenvalue weighted by molar-refractivity contribution is 0.688. The van der Waals surface area contributed by atoms with Crippen molar-refractivity contribution in [1.29, 1.82) is 0 Å². The van der Waals surface area contributed by atoms with Crippen molar-refractivity contribution in [2.45, 2.75) is 19.9 Å². The minimum Gasteiger partial charge on any atom is -0.314 e. The van der Waals surface area contributed by atoms with Crippen molar-refractivity contribution in [3.8, 4) is 0 Å². The van der Waals surface area contributed by atoms with Gasteiger partial charge in [0.25, 0.3) is 0 Å². The third kappa shape index (κ3) is 1.49. The summed E-state index contributed by atoms with van der Waals surface area (Å²) < 4.78 is 1.97. The SMILES string of the molecule is CCCn1cnc2cc(Cl)nnc21. The number of aromatic nitrogens is 4. The van der Waals surface area contributed by atoms with E-state index in [1.807, 2.05) is 4.57 Å². The standard InChI is InChI=1S/C8H9ClN4/c1-2-3-13-5-10-6-4-7(9)11-12-8(6)13/h4-5H,2-3H2,1H3. The number of aryl methyl sites for hydroxylation is 1. The van der Waals surface area contributed by atoms with E-state index in [4.69, 9.17) is 11.6 Å². The fraction of sp³-hybridized carbons (Fsp3) is 0.375. The van der Waals surface area contributed by atoms with Crippen LogP contribution in [0.5, 0.6) is 0 Å². The predicted octanol–water partition coefficient (Wildman–Crippen LogP) is 1.89. The van der Waals surface area contributed by atoms with Crippen LogP contribution < -0.4 is 0 Å². The lowest BCUT2D eigenvalue weighted by atomic mass is 10.4. The highest BCUT2D eigenvalue weighted by atomic mass is 35.5. The van der Waals surface area contributed by atoms with Crippen LogP contribution in [0.25, 0.3) is 11.2 Å². The van der Waals surface area contributed by atoms with Gasteiger partial charge in [0.05, 0.1) is 6.33 Å². The molecule has 0 unspecified atom stereocenters. The maximum absolute atomic E-state index is 5.68. The van der Waals surface area contributed by atoms with Gasteiger partial charge in [0.2, 0.25) is 0 Å². The van der Waals surface area contributed by atoms with E-state index in [2.05, 4.69) is 22.1 Å². The Morgan fingerprint density at radius 3 is 3.08 bits per heavy atom. The first kappa shape index (κ1) is 8.44. The summed E-state index contributed by atoms with van der Waals surface area (Å²) in [4.78, 5) is 4.17. The summed E-state index contributed by atoms with van der Waals surface area (Å²) in [5.74, 6) is 0. The van der Waals surface area contributed by atoms with Crippen molar-refractivity contribution < 1.29 is 0 Å². The van der Waals surface area contributed by atoms with Crippen LogP contribution in [0.1, 0.15) is 13.3 Å². The highest BCUT2D eigenvalue weighted by Crippen LogP contribution is 2.12. The van der Waals surface area contributed by atoms with Crippen molar-refractivity contribution in [1.82, 2.24) is 19.7 Å². The lowest BCUT2D eigenvalue weighted by Crippen LogP contribution is -1.96. The van der Waals surface area contributed by atoms with Crippen molar-refractivity contribution in [3.63, 3.8) is 0 Å². The van der Waals surface area contributed by atoms with Gasteiger partial charge >= 0.3 is 0 Å². The predicted molar refractivity (Wildman–Crippen MR) is 50.6 cm³/mol. The molecule has 2 aromatic rings. The van der Waals surface area contributed by atoms with E-state index >= 15 is 0 Å². The number of hydrogen-bond donors (Lipinski definition) is 0. The molecular formula is C8H9ClN4. The first-order valence-electron chi connectivity index (χ1n) is 4.15. The number of rotatable bonds is 2. The van der Waals surface area contributed by atoms with E-state index in [9.17, 15) is 0 Å². The van der Waals surface area contributed by atoms with Gasteiger partial charge in [-0.25, -0.2) is 4.98 Å². The van der Waals surface area contributed by atoms with Gasteiger partial charge in [0, 0.05) is 12.6 Å². The molecule has 0 amide bonds. The summed E-state index contributed by atoms with van der Waals surface area (Å²) in [6.07, 6.45) is 2.81. The minimum atomic E-state index is 0.384. The first-order valence-corrected chi connectivity index (χ1v) is 4.53. The first-order chi connectivity index (χ1) is 6.31. The molecule has 0 bridgehead atoms. The Balaban J connectivity index is 2.55. The molecule has 0 aliphatic heterocycles. The Bertz CT molecular complexity index is 423. The Morgan fingerprint density at radius 2 is 2.31 bits per heavy atom. The summed E-state index contributed by atoms with van der Waals surface area (Å²) in [7, 11) is 0. The van der Waals surface area contributed by atoms with Gasteiger partial charge in [-0.3, -0.25) is 0 Å². The number of halogens is 1. The van der Waals surface area contributed by atoms with Gasteiger partial charge < -0.3 is 4.57 Å². The molecule has 2 aromatic heterocycles. The number of nitrogens with zero attached hydrogens (tertiary/aromatic N) is 4. The Kier molecular flexibility index (Phi) is 2.14. The second-order valence-corrected chi connectivity index (χ2v) is 3.20. The van der Waals surface area contributed by atoms with Gasteiger partial charge in [-0.05, 0) is 6.42 Å². The van der Waals surface area contributed by atoms with Crippen molar-refractivity contribution in [3.05, 3.63) is 17.5 Å². The summed E-state index contributed by atoms with van der Waals surface area (Å²) in [6.45, 7) is 3.02. The topological polar surface area (TPSA) is 43.6 Å². The number of imidazole rings is 1. The lowest BCUT2D eigenvalue weighted by Gasteiger charge is -1.98. The normalized spacial score (nSPS) is 10.9. The van der Waals surface area contributed by atoms with Gasteiger partial charge in [-0.1, -0.05) is 18.5 Å². The zero-order valence-corrected chi connectivity index (χ0v) is 7.99. The van der Waals surface area contributed by atoms with E-state index in [-0.39, 0.29) is 0 Å². The van der Waals surface area contributed by atoms with E-state index in [1.54, 1.807) is 12.4 Å². The van der Waals surface area contributed by atoms with Crippen LogP contribution in [0, 0.1) is 0 Å². The molecule has 0 N–H and O–H groups in total. The van der Waals surface area contributed by atoms with Crippen LogP contribution in [0.15, 0.2) is 12.4 Å². The summed E-state index contributed by atoms with van der Waals surface area (Å²) in [6, 6.07) is 1.72. The molecule has 0 saturated heterocycles. The molecule has 0 aliphatic rings. The molecule has 5 heteroatoms. The van der Waals surface area contributed by atoms with Crippen LogP contribution in [0.3, 0.4) is 0 Å². The van der Waals surface area contributed by atoms with E-state index in [0.717, 1.165) is 24.1 Å². The molecule has 2 heterocycles. The van der Waals surface area contributed by atoms with Gasteiger partial charge in [-0.2, -0.15) is 0 Å². The molecule has 0 radical (unpaired) electrons. The van der Waals surface area contributed by atoms with Crippen LogP contribution in [0.2, 0.25) is 5.15 Å². The monoisotopic (exact) mass is 196 g/mol. The fourth-order valence-electron chi connectivity index (χ4n) is 1.24. The Labute approximate surface area is 80.6 Å². The molecule has 2 rings (SSSR count). The maximum Gasteiger partial charge on any atom is 0.182 e. The molecule has 68 valence electrons. The number of fused-ring (bicyclic) bond motifs is 1. The quantitative estimate of drug-likeness (QED) is 0.737. The van der Waals surface area contributed by atoms with Crippen molar-refractivity contribution in [2.24, 2.45) is 0 Å². The smallest absolute Gasteiger partial charge is 0.182 e. The molecule has 0 saturated carbocycles. The second-order valence-electron chi connectivity index (χ2n) is 2.81. The fourth-order valence-corrected chi connectivity index (χ4v) is 1.38. The zero-order valence-electron chi connectivity index (χ0n) is 7.24. The Hall–Kier alpha value is -1.16.